The van der Waals surface area contributed by atoms with E-state index in [0.29, 0.717) is 45.6 Å². The van der Waals surface area contributed by atoms with Gasteiger partial charge in [0.1, 0.15) is 5.65 Å². The molecule has 0 fully saturated rings. The Bertz CT molecular complexity index is 1350. The van der Waals surface area contributed by atoms with Gasteiger partial charge in [-0.15, -0.1) is 0 Å². The minimum atomic E-state index is -0.138. The van der Waals surface area contributed by atoms with Crippen molar-refractivity contribution in [2.45, 2.75) is 37.7 Å². The molecule has 0 unspecified atom stereocenters. The fourth-order valence-corrected chi connectivity index (χ4v) is 4.44. The largest absolute Gasteiger partial charge is 0.287 e. The van der Waals surface area contributed by atoms with E-state index in [2.05, 4.69) is 34.8 Å². The van der Waals surface area contributed by atoms with Crippen LogP contribution in [0.3, 0.4) is 0 Å². The third kappa shape index (κ3) is 4.34. The van der Waals surface area contributed by atoms with Gasteiger partial charge in [0.15, 0.2) is 5.16 Å². The highest BCUT2D eigenvalue weighted by atomic mass is 79.9. The Morgan fingerprint density at radius 1 is 1.10 bits per heavy atom. The van der Waals surface area contributed by atoms with Gasteiger partial charge in [-0.3, -0.25) is 18.6 Å². The number of benzene rings is 1. The highest BCUT2D eigenvalue weighted by molar-refractivity contribution is 9.10. The number of thioether (sulfide) groups is 1. The van der Waals surface area contributed by atoms with E-state index >= 15 is 0 Å². The van der Waals surface area contributed by atoms with Crippen LogP contribution in [0.1, 0.15) is 26.0 Å². The maximum absolute atomic E-state index is 13.1. The zero-order valence-corrected chi connectivity index (χ0v) is 19.1. The lowest BCUT2D eigenvalue weighted by Crippen LogP contribution is -2.24. The second kappa shape index (κ2) is 8.73. The van der Waals surface area contributed by atoms with E-state index in [4.69, 9.17) is 4.98 Å². The van der Waals surface area contributed by atoms with Crippen molar-refractivity contribution in [2.75, 3.05) is 0 Å². The molecule has 3 heterocycles. The summed E-state index contributed by atoms with van der Waals surface area (Å²) in [5, 5.41) is 1.27. The normalized spacial score (nSPS) is 11.6. The van der Waals surface area contributed by atoms with Crippen molar-refractivity contribution in [1.29, 1.82) is 0 Å². The van der Waals surface area contributed by atoms with Crippen molar-refractivity contribution >= 4 is 44.2 Å². The molecule has 0 amide bonds. The Labute approximate surface area is 186 Å². The first-order valence-corrected chi connectivity index (χ1v) is 11.5. The van der Waals surface area contributed by atoms with Gasteiger partial charge in [-0.05, 0) is 52.5 Å². The third-order valence-electron chi connectivity index (χ3n) is 4.78. The lowest BCUT2D eigenvalue weighted by molar-refractivity contribution is 0.481. The molecule has 0 bridgehead atoms. The molecule has 4 rings (SSSR count). The molecule has 3 aromatic heterocycles. The average molecular weight is 485 g/mol. The molecule has 0 radical (unpaired) electrons. The number of rotatable bonds is 6. The number of nitrogens with zero attached hydrogens (tertiary/aromatic N) is 4. The molecule has 6 nitrogen and oxygen atoms in total. The van der Waals surface area contributed by atoms with Gasteiger partial charge in [-0.2, -0.15) is 0 Å². The molecule has 0 N–H and O–H groups in total. The van der Waals surface area contributed by atoms with E-state index in [-0.39, 0.29) is 11.1 Å². The van der Waals surface area contributed by atoms with Crippen molar-refractivity contribution in [3.8, 4) is 0 Å². The van der Waals surface area contributed by atoms with Gasteiger partial charge < -0.3 is 0 Å². The number of para-hydroxylation sites is 1. The summed E-state index contributed by atoms with van der Waals surface area (Å²) >= 11 is 4.81. The second-order valence-electron chi connectivity index (χ2n) is 7.50. The Morgan fingerprint density at radius 2 is 1.90 bits per heavy atom. The molecular formula is C22H21BrN4O2S. The van der Waals surface area contributed by atoms with Crippen LogP contribution in [0, 0.1) is 5.92 Å². The minimum absolute atomic E-state index is 0.0276. The topological polar surface area (TPSA) is 69.3 Å². The molecule has 8 heteroatoms. The number of fused-ring (bicyclic) bond motifs is 2. The fraction of sp³-hybridized carbons (Fsp3) is 0.273. The maximum Gasteiger partial charge on any atom is 0.262 e. The molecule has 0 saturated carbocycles. The second-order valence-corrected chi connectivity index (χ2v) is 9.36. The number of hydrogen-bond donors (Lipinski definition) is 0. The van der Waals surface area contributed by atoms with Crippen LogP contribution in [-0.4, -0.2) is 18.9 Å². The molecule has 1 aromatic carbocycles. The van der Waals surface area contributed by atoms with Gasteiger partial charge in [-0.1, -0.05) is 37.7 Å². The highest BCUT2D eigenvalue weighted by Crippen LogP contribution is 2.22. The summed E-state index contributed by atoms with van der Waals surface area (Å²) in [5.41, 5.74) is 1.76. The summed E-state index contributed by atoms with van der Waals surface area (Å²) in [6, 6.07) is 12.6. The van der Waals surface area contributed by atoms with Crippen LogP contribution >= 0.6 is 27.7 Å². The van der Waals surface area contributed by atoms with E-state index in [1.807, 2.05) is 30.3 Å². The van der Waals surface area contributed by atoms with Crippen molar-refractivity contribution in [1.82, 2.24) is 18.9 Å². The van der Waals surface area contributed by atoms with Gasteiger partial charge in [0.2, 0.25) is 0 Å². The average Bonchev–Trinajstić information content (AvgIpc) is 2.72. The molecule has 154 valence electrons. The van der Waals surface area contributed by atoms with Crippen molar-refractivity contribution in [3.05, 3.63) is 79.5 Å². The SMILES string of the molecule is CC(C)CCn1c(SCc2cc(=O)n3cc(Br)ccc3n2)nc2ccccc2c1=O. The Hall–Kier alpha value is -2.45. The first-order valence-electron chi connectivity index (χ1n) is 9.72. The van der Waals surface area contributed by atoms with Crippen LogP contribution in [0.4, 0.5) is 0 Å². The zero-order chi connectivity index (χ0) is 21.3. The van der Waals surface area contributed by atoms with Gasteiger partial charge in [0, 0.05) is 29.0 Å². The van der Waals surface area contributed by atoms with Gasteiger partial charge in [-0.25, -0.2) is 9.97 Å². The molecule has 30 heavy (non-hydrogen) atoms. The number of pyridine rings is 1. The summed E-state index contributed by atoms with van der Waals surface area (Å²) in [5.74, 6) is 0.927. The number of aromatic nitrogens is 4. The molecule has 0 aliphatic carbocycles. The van der Waals surface area contributed by atoms with Crippen LogP contribution in [0.25, 0.3) is 16.6 Å². The van der Waals surface area contributed by atoms with Gasteiger partial charge in [0.05, 0.1) is 16.6 Å². The Morgan fingerprint density at radius 3 is 2.70 bits per heavy atom. The lowest BCUT2D eigenvalue weighted by atomic mass is 10.1. The van der Waals surface area contributed by atoms with Crippen LogP contribution < -0.4 is 11.1 Å². The van der Waals surface area contributed by atoms with E-state index in [0.717, 1.165) is 10.9 Å². The smallest absolute Gasteiger partial charge is 0.262 e. The lowest BCUT2D eigenvalue weighted by Gasteiger charge is -2.14. The highest BCUT2D eigenvalue weighted by Gasteiger charge is 2.13. The molecular weight excluding hydrogens is 464 g/mol. The Kier molecular flexibility index (Phi) is 6.06. The standard InChI is InChI=1S/C22H21BrN4O2S/c1-14(2)9-10-26-21(29)17-5-3-4-6-18(17)25-22(26)30-13-16-11-20(28)27-12-15(23)7-8-19(27)24-16/h3-8,11-12,14H,9-10,13H2,1-2H3. The molecule has 0 spiro atoms. The van der Waals surface area contributed by atoms with Gasteiger partial charge >= 0.3 is 0 Å². The molecule has 0 aliphatic heterocycles. The predicted molar refractivity (Wildman–Crippen MR) is 124 cm³/mol. The third-order valence-corrected chi connectivity index (χ3v) is 6.26. The fourth-order valence-electron chi connectivity index (χ4n) is 3.18. The number of hydrogen-bond acceptors (Lipinski definition) is 5. The summed E-state index contributed by atoms with van der Waals surface area (Å²) in [7, 11) is 0. The zero-order valence-electron chi connectivity index (χ0n) is 16.7. The first-order chi connectivity index (χ1) is 14.4. The van der Waals surface area contributed by atoms with E-state index in [1.54, 1.807) is 16.8 Å². The van der Waals surface area contributed by atoms with E-state index < -0.39 is 0 Å². The number of halogens is 1. The van der Waals surface area contributed by atoms with E-state index in [9.17, 15) is 9.59 Å². The summed E-state index contributed by atoms with van der Waals surface area (Å²) in [6.07, 6.45) is 2.59. The summed E-state index contributed by atoms with van der Waals surface area (Å²) in [4.78, 5) is 34.8. The van der Waals surface area contributed by atoms with Crippen molar-refractivity contribution in [3.63, 3.8) is 0 Å². The van der Waals surface area contributed by atoms with Crippen LogP contribution in [-0.2, 0) is 12.3 Å². The van der Waals surface area contributed by atoms with Gasteiger partial charge in [0.25, 0.3) is 11.1 Å². The molecule has 4 aromatic rings. The monoisotopic (exact) mass is 484 g/mol. The molecule has 0 saturated heterocycles. The quantitative estimate of drug-likeness (QED) is 0.297. The van der Waals surface area contributed by atoms with Crippen LogP contribution in [0.2, 0.25) is 0 Å². The Balaban J connectivity index is 1.70. The molecule has 0 atom stereocenters. The summed E-state index contributed by atoms with van der Waals surface area (Å²) in [6.45, 7) is 4.88. The van der Waals surface area contributed by atoms with Crippen LogP contribution in [0.15, 0.2) is 67.9 Å². The summed E-state index contributed by atoms with van der Waals surface area (Å²) < 4.78 is 4.07. The van der Waals surface area contributed by atoms with Crippen LogP contribution in [0.5, 0.6) is 0 Å². The van der Waals surface area contributed by atoms with Crippen molar-refractivity contribution < 1.29 is 0 Å². The first kappa shape index (κ1) is 20.8. The van der Waals surface area contributed by atoms with Crippen molar-refractivity contribution in [2.24, 2.45) is 5.92 Å². The van der Waals surface area contributed by atoms with E-state index in [1.165, 1.54) is 22.2 Å². The minimum Gasteiger partial charge on any atom is -0.287 e. The molecule has 0 aliphatic rings. The maximum atomic E-state index is 13.1. The predicted octanol–water partition coefficient (Wildman–Crippen LogP) is 4.51.